The standard InChI is InChI=1S/C12H15FN4O2S/c1-3-9-6-12(16-15-9)17-20(18,19)11-5-8(14)4-10(13)7(11)2/h4-6H,3,14H2,1-2H3,(H2,15,16,17). The molecule has 0 aliphatic heterocycles. The number of sulfonamides is 1. The molecule has 0 atom stereocenters. The molecule has 108 valence electrons. The van der Waals surface area contributed by atoms with Gasteiger partial charge in [-0.3, -0.25) is 9.82 Å². The summed E-state index contributed by atoms with van der Waals surface area (Å²) in [7, 11) is -3.94. The summed E-state index contributed by atoms with van der Waals surface area (Å²) >= 11 is 0. The Morgan fingerprint density at radius 1 is 1.40 bits per heavy atom. The Labute approximate surface area is 116 Å². The molecule has 20 heavy (non-hydrogen) atoms. The number of rotatable bonds is 4. The summed E-state index contributed by atoms with van der Waals surface area (Å²) in [4.78, 5) is -0.198. The molecule has 0 amide bonds. The average molecular weight is 298 g/mol. The van der Waals surface area contributed by atoms with Gasteiger partial charge >= 0.3 is 0 Å². The molecule has 4 N–H and O–H groups in total. The first-order valence-electron chi connectivity index (χ1n) is 5.96. The second kappa shape index (κ2) is 5.12. The largest absolute Gasteiger partial charge is 0.399 e. The van der Waals surface area contributed by atoms with Crippen LogP contribution >= 0.6 is 0 Å². The van der Waals surface area contributed by atoms with E-state index < -0.39 is 15.8 Å². The highest BCUT2D eigenvalue weighted by molar-refractivity contribution is 7.92. The zero-order chi connectivity index (χ0) is 14.9. The predicted octanol–water partition coefficient (Wildman–Crippen LogP) is 1.80. The van der Waals surface area contributed by atoms with Gasteiger partial charge in [-0.05, 0) is 25.5 Å². The number of hydrogen-bond acceptors (Lipinski definition) is 4. The zero-order valence-electron chi connectivity index (χ0n) is 11.1. The summed E-state index contributed by atoms with van der Waals surface area (Å²) in [5.41, 5.74) is 6.34. The van der Waals surface area contributed by atoms with Gasteiger partial charge in [0.25, 0.3) is 10.0 Å². The van der Waals surface area contributed by atoms with Crippen LogP contribution in [-0.4, -0.2) is 18.6 Å². The SMILES string of the molecule is CCc1cc(NS(=O)(=O)c2cc(N)cc(F)c2C)n[nH]1. The van der Waals surface area contributed by atoms with Crippen LogP contribution < -0.4 is 10.5 Å². The lowest BCUT2D eigenvalue weighted by Gasteiger charge is -2.10. The molecule has 6 nitrogen and oxygen atoms in total. The molecule has 0 spiro atoms. The van der Waals surface area contributed by atoms with Crippen molar-refractivity contribution in [2.24, 2.45) is 0 Å². The number of halogens is 1. The first-order valence-corrected chi connectivity index (χ1v) is 7.44. The van der Waals surface area contributed by atoms with Gasteiger partial charge in [0, 0.05) is 23.0 Å². The van der Waals surface area contributed by atoms with Crippen LogP contribution in [0.4, 0.5) is 15.9 Å². The molecule has 0 fully saturated rings. The van der Waals surface area contributed by atoms with Crippen molar-refractivity contribution in [3.8, 4) is 0 Å². The Kier molecular flexibility index (Phi) is 3.67. The number of benzene rings is 1. The number of aromatic amines is 1. The summed E-state index contributed by atoms with van der Waals surface area (Å²) in [5, 5.41) is 6.52. The molecule has 0 saturated carbocycles. The van der Waals surface area contributed by atoms with Crippen molar-refractivity contribution in [1.29, 1.82) is 0 Å². The second-order valence-corrected chi connectivity index (χ2v) is 6.01. The van der Waals surface area contributed by atoms with Crippen molar-refractivity contribution in [3.63, 3.8) is 0 Å². The number of aromatic nitrogens is 2. The number of aryl methyl sites for hydroxylation is 1. The predicted molar refractivity (Wildman–Crippen MR) is 74.3 cm³/mol. The van der Waals surface area contributed by atoms with E-state index in [1.807, 2.05) is 6.92 Å². The van der Waals surface area contributed by atoms with Gasteiger partial charge < -0.3 is 5.73 Å². The van der Waals surface area contributed by atoms with E-state index in [0.717, 1.165) is 11.8 Å². The minimum Gasteiger partial charge on any atom is -0.399 e. The van der Waals surface area contributed by atoms with E-state index in [9.17, 15) is 12.8 Å². The second-order valence-electron chi connectivity index (χ2n) is 4.36. The van der Waals surface area contributed by atoms with Crippen LogP contribution in [-0.2, 0) is 16.4 Å². The molecule has 8 heteroatoms. The molecule has 0 bridgehead atoms. The average Bonchev–Trinajstić information content (AvgIpc) is 2.80. The number of nitrogens with two attached hydrogens (primary N) is 1. The Bertz CT molecular complexity index is 740. The number of H-pyrrole nitrogens is 1. The summed E-state index contributed by atoms with van der Waals surface area (Å²) in [6, 6.07) is 3.88. The lowest BCUT2D eigenvalue weighted by Crippen LogP contribution is -2.15. The fraction of sp³-hybridized carbons (Fsp3) is 0.250. The quantitative estimate of drug-likeness (QED) is 0.749. The maximum absolute atomic E-state index is 13.6. The molecule has 0 aliphatic carbocycles. The summed E-state index contributed by atoms with van der Waals surface area (Å²) in [6.07, 6.45) is 0.695. The summed E-state index contributed by atoms with van der Waals surface area (Å²) in [5.74, 6) is -0.509. The van der Waals surface area contributed by atoms with Crippen molar-refractivity contribution in [1.82, 2.24) is 10.2 Å². The monoisotopic (exact) mass is 298 g/mol. The molecule has 0 saturated heterocycles. The van der Waals surface area contributed by atoms with Crippen LogP contribution in [0.2, 0.25) is 0 Å². The third-order valence-electron chi connectivity index (χ3n) is 2.86. The van der Waals surface area contributed by atoms with Crippen molar-refractivity contribution >= 4 is 21.5 Å². The molecule has 0 unspecified atom stereocenters. The van der Waals surface area contributed by atoms with Crippen LogP contribution in [0.1, 0.15) is 18.2 Å². The van der Waals surface area contributed by atoms with E-state index in [4.69, 9.17) is 5.73 Å². The van der Waals surface area contributed by atoms with Crippen LogP contribution in [0.5, 0.6) is 0 Å². The number of hydrogen-bond donors (Lipinski definition) is 3. The third-order valence-corrected chi connectivity index (χ3v) is 4.34. The van der Waals surface area contributed by atoms with Gasteiger partial charge in [0.1, 0.15) is 5.82 Å². The van der Waals surface area contributed by atoms with Crippen molar-refractivity contribution in [3.05, 3.63) is 35.3 Å². The van der Waals surface area contributed by atoms with Gasteiger partial charge in [-0.1, -0.05) is 6.92 Å². The highest BCUT2D eigenvalue weighted by atomic mass is 32.2. The Balaban J connectivity index is 2.40. The fourth-order valence-electron chi connectivity index (χ4n) is 1.74. The smallest absolute Gasteiger partial charge is 0.263 e. The topological polar surface area (TPSA) is 101 Å². The number of nitrogens with zero attached hydrogens (tertiary/aromatic N) is 1. The Morgan fingerprint density at radius 2 is 2.10 bits per heavy atom. The number of nitrogens with one attached hydrogen (secondary N) is 2. The normalized spacial score (nSPS) is 11.6. The molecule has 0 aliphatic rings. The van der Waals surface area contributed by atoms with Crippen molar-refractivity contribution in [2.75, 3.05) is 10.5 Å². The summed E-state index contributed by atoms with van der Waals surface area (Å²) in [6.45, 7) is 3.29. The molecule has 1 aromatic heterocycles. The van der Waals surface area contributed by atoms with E-state index in [-0.39, 0.29) is 22.0 Å². The zero-order valence-corrected chi connectivity index (χ0v) is 11.9. The number of anilines is 2. The van der Waals surface area contributed by atoms with Gasteiger partial charge in [0.05, 0.1) is 4.90 Å². The molecule has 1 aromatic carbocycles. The Hall–Kier alpha value is -2.09. The first-order chi connectivity index (χ1) is 9.33. The third kappa shape index (κ3) is 2.74. The van der Waals surface area contributed by atoms with Crippen LogP contribution in [0.3, 0.4) is 0 Å². The van der Waals surface area contributed by atoms with Gasteiger partial charge in [-0.25, -0.2) is 12.8 Å². The van der Waals surface area contributed by atoms with Gasteiger partial charge in [0.15, 0.2) is 5.82 Å². The fourth-order valence-corrected chi connectivity index (χ4v) is 3.02. The van der Waals surface area contributed by atoms with E-state index in [2.05, 4.69) is 14.9 Å². The molecule has 2 aromatic rings. The molecular weight excluding hydrogens is 283 g/mol. The maximum atomic E-state index is 13.6. The van der Waals surface area contributed by atoms with Crippen molar-refractivity contribution in [2.45, 2.75) is 25.2 Å². The van der Waals surface area contributed by atoms with E-state index in [1.165, 1.54) is 13.0 Å². The highest BCUT2D eigenvalue weighted by Crippen LogP contribution is 2.23. The van der Waals surface area contributed by atoms with E-state index in [1.54, 1.807) is 6.07 Å². The highest BCUT2D eigenvalue weighted by Gasteiger charge is 2.21. The minimum absolute atomic E-state index is 0.0120. The molecule has 1 heterocycles. The molecular formula is C12H15FN4O2S. The van der Waals surface area contributed by atoms with Crippen LogP contribution in [0, 0.1) is 12.7 Å². The lowest BCUT2D eigenvalue weighted by molar-refractivity contribution is 0.591. The van der Waals surface area contributed by atoms with Gasteiger partial charge in [0.2, 0.25) is 0 Å². The number of nitrogen functional groups attached to an aromatic ring is 1. The van der Waals surface area contributed by atoms with Crippen LogP contribution in [0.25, 0.3) is 0 Å². The van der Waals surface area contributed by atoms with Crippen molar-refractivity contribution < 1.29 is 12.8 Å². The van der Waals surface area contributed by atoms with Gasteiger partial charge in [-0.15, -0.1) is 0 Å². The Morgan fingerprint density at radius 3 is 2.70 bits per heavy atom. The lowest BCUT2D eigenvalue weighted by atomic mass is 10.2. The maximum Gasteiger partial charge on any atom is 0.263 e. The van der Waals surface area contributed by atoms with E-state index >= 15 is 0 Å². The molecule has 2 rings (SSSR count). The van der Waals surface area contributed by atoms with E-state index in [0.29, 0.717) is 6.42 Å². The van der Waals surface area contributed by atoms with Gasteiger partial charge in [-0.2, -0.15) is 5.10 Å². The van der Waals surface area contributed by atoms with Crippen LogP contribution in [0.15, 0.2) is 23.1 Å². The molecule has 0 radical (unpaired) electrons. The summed E-state index contributed by atoms with van der Waals surface area (Å²) < 4.78 is 40.3. The first kappa shape index (κ1) is 14.3. The minimum atomic E-state index is -3.94.